The van der Waals surface area contributed by atoms with Crippen LogP contribution >= 0.6 is 0 Å². The molecule has 0 unspecified atom stereocenters. The Bertz CT molecular complexity index is 1430. The van der Waals surface area contributed by atoms with Gasteiger partial charge in [0.15, 0.2) is 0 Å². The van der Waals surface area contributed by atoms with E-state index in [-0.39, 0.29) is 6.04 Å². The average Bonchev–Trinajstić information content (AvgIpc) is 3.33. The van der Waals surface area contributed by atoms with Crippen molar-refractivity contribution in [2.75, 3.05) is 39.5 Å². The Labute approximate surface area is 246 Å². The summed E-state index contributed by atoms with van der Waals surface area (Å²) in [7, 11) is 0. The highest BCUT2D eigenvalue weighted by Crippen LogP contribution is 2.24. The van der Waals surface area contributed by atoms with Gasteiger partial charge in [-0.15, -0.1) is 0 Å². The van der Waals surface area contributed by atoms with Crippen molar-refractivity contribution in [3.05, 3.63) is 71.9 Å². The summed E-state index contributed by atoms with van der Waals surface area (Å²) in [5.41, 5.74) is 3.78. The summed E-state index contributed by atoms with van der Waals surface area (Å²) >= 11 is 0. The van der Waals surface area contributed by atoms with Crippen LogP contribution in [0.15, 0.2) is 60.8 Å². The molecular formula is C32H40N4O6. The van der Waals surface area contributed by atoms with Gasteiger partial charge in [0.1, 0.15) is 18.0 Å². The molecule has 0 aliphatic carbocycles. The lowest BCUT2D eigenvalue weighted by molar-refractivity contribution is -0.130. The zero-order valence-electron chi connectivity index (χ0n) is 25.0. The third-order valence-electron chi connectivity index (χ3n) is 6.59. The smallest absolute Gasteiger partial charge is 0.419 e. The van der Waals surface area contributed by atoms with Crippen LogP contribution in [0.5, 0.6) is 5.75 Å². The molecular weight excluding hydrogens is 536 g/mol. The zero-order valence-corrected chi connectivity index (χ0v) is 25.0. The van der Waals surface area contributed by atoms with Crippen molar-refractivity contribution in [2.45, 2.75) is 46.3 Å². The molecule has 1 N–H and O–H groups in total. The number of nitrogens with one attached hydrogen (secondary N) is 1. The Morgan fingerprint density at radius 2 is 1.81 bits per heavy atom. The van der Waals surface area contributed by atoms with Gasteiger partial charge in [-0.25, -0.2) is 9.80 Å². The van der Waals surface area contributed by atoms with Crippen LogP contribution in [-0.4, -0.2) is 83.5 Å². The van der Waals surface area contributed by atoms with Gasteiger partial charge < -0.3 is 14.2 Å². The van der Waals surface area contributed by atoms with E-state index < -0.39 is 23.5 Å². The fourth-order valence-electron chi connectivity index (χ4n) is 4.50. The van der Waals surface area contributed by atoms with Crippen molar-refractivity contribution in [3.8, 4) is 5.75 Å². The first-order valence-corrected chi connectivity index (χ1v) is 14.2. The number of aromatic nitrogens is 1. The van der Waals surface area contributed by atoms with Crippen LogP contribution in [-0.2, 0) is 14.3 Å². The van der Waals surface area contributed by atoms with E-state index in [1.807, 2.05) is 38.1 Å². The van der Waals surface area contributed by atoms with Crippen LogP contribution in [0.25, 0.3) is 17.0 Å². The monoisotopic (exact) mass is 576 g/mol. The summed E-state index contributed by atoms with van der Waals surface area (Å²) in [6, 6.07) is 14.0. The second-order valence-corrected chi connectivity index (χ2v) is 11.4. The second-order valence-electron chi connectivity index (χ2n) is 11.4. The second kappa shape index (κ2) is 13.7. The summed E-state index contributed by atoms with van der Waals surface area (Å²) in [4.78, 5) is 41.4. The molecule has 1 aliphatic rings. The van der Waals surface area contributed by atoms with Crippen molar-refractivity contribution in [1.82, 2.24) is 19.9 Å². The number of hydrazine groups is 1. The molecule has 0 spiro atoms. The third kappa shape index (κ3) is 8.20. The zero-order chi connectivity index (χ0) is 30.3. The standard InChI is InChI=1S/C32H40N4O6/c1-23(2)36(33-30(38)24-9-8-10-26(21-24)41-20-17-34-15-18-40-19-16-34)29(37)14-13-25-22-35(31(39)42-32(3,4)5)28-12-7-6-11-27(25)28/h6-14,21-23H,15-20H2,1-5H3,(H,33,38). The van der Waals surface area contributed by atoms with Gasteiger partial charge in [-0.3, -0.25) is 24.5 Å². The Hall–Kier alpha value is -4.15. The fraction of sp³-hybridized carbons (Fsp3) is 0.406. The Kier molecular flexibility index (Phi) is 10.0. The number of para-hydroxylation sites is 1. The summed E-state index contributed by atoms with van der Waals surface area (Å²) in [5, 5.41) is 2.07. The van der Waals surface area contributed by atoms with Gasteiger partial charge in [0.05, 0.1) is 18.7 Å². The molecule has 0 bridgehead atoms. The number of carbonyl (C=O) groups excluding carboxylic acids is 3. The molecule has 1 aliphatic heterocycles. The number of amides is 2. The maximum absolute atomic E-state index is 13.2. The molecule has 224 valence electrons. The van der Waals surface area contributed by atoms with Gasteiger partial charge in [0.25, 0.3) is 11.8 Å². The highest BCUT2D eigenvalue weighted by atomic mass is 16.6. The van der Waals surface area contributed by atoms with Gasteiger partial charge in [-0.1, -0.05) is 24.3 Å². The van der Waals surface area contributed by atoms with Gasteiger partial charge >= 0.3 is 6.09 Å². The van der Waals surface area contributed by atoms with E-state index in [1.54, 1.807) is 57.3 Å². The first-order chi connectivity index (χ1) is 20.0. The summed E-state index contributed by atoms with van der Waals surface area (Å²) < 4.78 is 18.2. The maximum atomic E-state index is 13.2. The molecule has 0 atom stereocenters. The van der Waals surface area contributed by atoms with E-state index in [4.69, 9.17) is 14.2 Å². The molecule has 0 saturated carbocycles. The molecule has 4 rings (SSSR count). The van der Waals surface area contributed by atoms with Crippen LogP contribution in [0.4, 0.5) is 4.79 Å². The van der Waals surface area contributed by atoms with Crippen LogP contribution in [0.2, 0.25) is 0 Å². The van der Waals surface area contributed by atoms with Gasteiger partial charge in [-0.2, -0.15) is 0 Å². The summed E-state index contributed by atoms with van der Waals surface area (Å²) in [5.74, 6) is -0.254. The summed E-state index contributed by atoms with van der Waals surface area (Å²) in [6.45, 7) is 13.5. The minimum absolute atomic E-state index is 0.317. The molecule has 1 fully saturated rings. The van der Waals surface area contributed by atoms with Crippen molar-refractivity contribution in [2.24, 2.45) is 0 Å². The van der Waals surface area contributed by atoms with Gasteiger partial charge in [-0.05, 0) is 65.0 Å². The first kappa shape index (κ1) is 30.8. The van der Waals surface area contributed by atoms with Gasteiger partial charge in [0.2, 0.25) is 0 Å². The van der Waals surface area contributed by atoms with Crippen LogP contribution in [0.3, 0.4) is 0 Å². The maximum Gasteiger partial charge on any atom is 0.419 e. The minimum Gasteiger partial charge on any atom is -0.492 e. The Morgan fingerprint density at radius 3 is 2.52 bits per heavy atom. The van der Waals surface area contributed by atoms with E-state index >= 15 is 0 Å². The Balaban J connectivity index is 1.43. The number of hydrogen-bond donors (Lipinski definition) is 1. The average molecular weight is 577 g/mol. The quantitative estimate of drug-likeness (QED) is 0.306. The van der Waals surface area contributed by atoms with Crippen molar-refractivity contribution in [1.29, 1.82) is 0 Å². The van der Waals surface area contributed by atoms with Crippen molar-refractivity contribution in [3.63, 3.8) is 0 Å². The molecule has 10 heteroatoms. The van der Waals surface area contributed by atoms with E-state index in [0.29, 0.717) is 29.0 Å². The number of ether oxygens (including phenoxy) is 3. The molecule has 2 amide bonds. The highest BCUT2D eigenvalue weighted by Gasteiger charge is 2.22. The lowest BCUT2D eigenvalue weighted by Gasteiger charge is -2.26. The van der Waals surface area contributed by atoms with E-state index in [2.05, 4.69) is 10.3 Å². The molecule has 2 heterocycles. The number of hydrogen-bond acceptors (Lipinski definition) is 7. The molecule has 10 nitrogen and oxygen atoms in total. The predicted molar refractivity (Wildman–Crippen MR) is 161 cm³/mol. The topological polar surface area (TPSA) is 102 Å². The van der Waals surface area contributed by atoms with Crippen molar-refractivity contribution >= 4 is 34.9 Å². The van der Waals surface area contributed by atoms with E-state index in [0.717, 1.165) is 38.2 Å². The summed E-state index contributed by atoms with van der Waals surface area (Å²) in [6.07, 6.45) is 4.15. The number of rotatable bonds is 8. The SMILES string of the molecule is CC(C)N(NC(=O)c1cccc(OCCN2CCOCC2)c1)C(=O)C=Cc1cn(C(=O)OC(C)(C)C)c2ccccc12. The number of nitrogens with zero attached hydrogens (tertiary/aromatic N) is 3. The third-order valence-corrected chi connectivity index (χ3v) is 6.59. The van der Waals surface area contributed by atoms with Crippen LogP contribution in [0.1, 0.15) is 50.5 Å². The number of morpholine rings is 1. The number of benzene rings is 2. The normalized spacial score (nSPS) is 14.3. The molecule has 0 radical (unpaired) electrons. The van der Waals surface area contributed by atoms with Crippen LogP contribution < -0.4 is 10.2 Å². The van der Waals surface area contributed by atoms with E-state index in [9.17, 15) is 14.4 Å². The molecule has 42 heavy (non-hydrogen) atoms. The van der Waals surface area contributed by atoms with Crippen LogP contribution in [0, 0.1) is 0 Å². The molecule has 3 aromatic rings. The van der Waals surface area contributed by atoms with E-state index in [1.165, 1.54) is 15.7 Å². The lowest BCUT2D eigenvalue weighted by Crippen LogP contribution is -2.49. The molecule has 1 aromatic heterocycles. The first-order valence-electron chi connectivity index (χ1n) is 14.2. The molecule has 2 aromatic carbocycles. The largest absolute Gasteiger partial charge is 0.492 e. The Morgan fingerprint density at radius 1 is 1.07 bits per heavy atom. The highest BCUT2D eigenvalue weighted by molar-refractivity contribution is 6.01. The number of carbonyl (C=O) groups is 3. The van der Waals surface area contributed by atoms with Crippen molar-refractivity contribution < 1.29 is 28.6 Å². The molecule has 1 saturated heterocycles. The fourth-order valence-corrected chi connectivity index (χ4v) is 4.50. The van der Waals surface area contributed by atoms with Gasteiger partial charge in [0, 0.05) is 54.5 Å². The minimum atomic E-state index is -0.654. The lowest BCUT2D eigenvalue weighted by atomic mass is 10.1. The number of fused-ring (bicyclic) bond motifs is 1. The predicted octanol–water partition coefficient (Wildman–Crippen LogP) is 4.73.